The average molecular weight is 340 g/mol. The number of aromatic nitrogens is 2. The maximum atomic E-state index is 11.9. The fourth-order valence-electron chi connectivity index (χ4n) is 2.02. The number of hydrogen-bond donors (Lipinski definition) is 1. The maximum absolute atomic E-state index is 11.9. The van der Waals surface area contributed by atoms with Crippen molar-refractivity contribution in [3.8, 4) is 6.07 Å². The van der Waals surface area contributed by atoms with Gasteiger partial charge in [0.05, 0.1) is 16.8 Å². The summed E-state index contributed by atoms with van der Waals surface area (Å²) in [6.07, 6.45) is 1.63. The van der Waals surface area contributed by atoms with E-state index in [1.165, 1.54) is 23.1 Å². The zero-order valence-electron chi connectivity index (χ0n) is 12.2. The van der Waals surface area contributed by atoms with Crippen molar-refractivity contribution < 1.29 is 4.79 Å². The first kappa shape index (κ1) is 15.5. The molecule has 114 valence electrons. The summed E-state index contributed by atoms with van der Waals surface area (Å²) in [4.78, 5) is 20.5. The lowest BCUT2D eigenvalue weighted by atomic mass is 10.1. The quantitative estimate of drug-likeness (QED) is 0.734. The molecule has 2 aromatic heterocycles. The van der Waals surface area contributed by atoms with Crippen molar-refractivity contribution in [3.63, 3.8) is 0 Å². The Bertz CT molecular complexity index is 900. The highest BCUT2D eigenvalue weighted by Crippen LogP contribution is 2.25. The minimum atomic E-state index is -0.167. The van der Waals surface area contributed by atoms with E-state index in [0.29, 0.717) is 15.7 Å². The highest BCUT2D eigenvalue weighted by atomic mass is 32.2. The van der Waals surface area contributed by atoms with E-state index in [0.717, 1.165) is 16.5 Å². The van der Waals surface area contributed by atoms with Crippen LogP contribution in [0.1, 0.15) is 11.1 Å². The number of nitrogens with zero attached hydrogens (tertiary/aromatic N) is 3. The van der Waals surface area contributed by atoms with Crippen LogP contribution in [0.2, 0.25) is 0 Å². The van der Waals surface area contributed by atoms with Crippen molar-refractivity contribution >= 4 is 45.0 Å². The number of benzene rings is 1. The molecule has 0 aliphatic heterocycles. The summed E-state index contributed by atoms with van der Waals surface area (Å²) in [6.45, 7) is 1.99. The lowest BCUT2D eigenvalue weighted by Crippen LogP contribution is -2.14. The lowest BCUT2D eigenvalue weighted by Gasteiger charge is -2.06. The molecule has 23 heavy (non-hydrogen) atoms. The van der Waals surface area contributed by atoms with Gasteiger partial charge in [-0.1, -0.05) is 23.9 Å². The van der Waals surface area contributed by atoms with E-state index in [9.17, 15) is 10.1 Å². The number of nitriles is 1. The summed E-state index contributed by atoms with van der Waals surface area (Å²) < 4.78 is 0. The van der Waals surface area contributed by atoms with Crippen LogP contribution in [0.4, 0.5) is 5.13 Å². The Balaban J connectivity index is 1.78. The molecule has 0 unspecified atom stereocenters. The van der Waals surface area contributed by atoms with Crippen molar-refractivity contribution in [1.82, 2.24) is 9.97 Å². The summed E-state index contributed by atoms with van der Waals surface area (Å²) >= 11 is 2.62. The number of carbonyl (C=O) groups is 1. The fourth-order valence-corrected chi connectivity index (χ4v) is 3.33. The van der Waals surface area contributed by atoms with Gasteiger partial charge in [-0.15, -0.1) is 11.3 Å². The first-order valence-electron chi connectivity index (χ1n) is 6.79. The lowest BCUT2D eigenvalue weighted by molar-refractivity contribution is -0.113. The molecule has 0 fully saturated rings. The molecule has 0 saturated carbocycles. The summed E-state index contributed by atoms with van der Waals surface area (Å²) in [5.74, 6) is 0.0125. The standard InChI is InChI=1S/C16H12N4OS2/c1-10-2-3-11-7-12(8-17)15(19-13(11)6-10)23-9-14(21)20-16-18-4-5-22-16/h2-7H,9H2,1H3,(H,18,20,21). The highest BCUT2D eigenvalue weighted by Gasteiger charge is 2.11. The van der Waals surface area contributed by atoms with Crippen LogP contribution >= 0.6 is 23.1 Å². The van der Waals surface area contributed by atoms with Gasteiger partial charge < -0.3 is 5.32 Å². The van der Waals surface area contributed by atoms with Crippen molar-refractivity contribution in [2.75, 3.05) is 11.1 Å². The smallest absolute Gasteiger partial charge is 0.236 e. The molecule has 0 aliphatic carbocycles. The molecular formula is C16H12N4OS2. The summed E-state index contributed by atoms with van der Waals surface area (Å²) in [5.41, 5.74) is 2.41. The van der Waals surface area contributed by atoms with Gasteiger partial charge >= 0.3 is 0 Å². The molecule has 2 heterocycles. The van der Waals surface area contributed by atoms with Gasteiger partial charge in [-0.2, -0.15) is 5.26 Å². The van der Waals surface area contributed by atoms with E-state index in [4.69, 9.17) is 0 Å². The van der Waals surface area contributed by atoms with Crippen LogP contribution in [-0.4, -0.2) is 21.6 Å². The van der Waals surface area contributed by atoms with E-state index < -0.39 is 0 Å². The first-order chi connectivity index (χ1) is 11.2. The van der Waals surface area contributed by atoms with Crippen LogP contribution in [0.15, 0.2) is 40.9 Å². The number of amides is 1. The molecule has 7 heteroatoms. The van der Waals surface area contributed by atoms with Crippen LogP contribution in [0.5, 0.6) is 0 Å². The second-order valence-electron chi connectivity index (χ2n) is 4.82. The van der Waals surface area contributed by atoms with E-state index in [1.807, 2.05) is 31.2 Å². The van der Waals surface area contributed by atoms with Gasteiger partial charge in [0.2, 0.25) is 5.91 Å². The Kier molecular flexibility index (Phi) is 4.55. The third kappa shape index (κ3) is 3.67. The second-order valence-corrected chi connectivity index (χ2v) is 6.68. The SMILES string of the molecule is Cc1ccc2cc(C#N)c(SCC(=O)Nc3nccs3)nc2c1. The largest absolute Gasteiger partial charge is 0.301 e. The molecule has 1 amide bonds. The molecular weight excluding hydrogens is 328 g/mol. The first-order valence-corrected chi connectivity index (χ1v) is 8.66. The van der Waals surface area contributed by atoms with Crippen LogP contribution in [0.25, 0.3) is 10.9 Å². The van der Waals surface area contributed by atoms with Crippen molar-refractivity contribution in [2.45, 2.75) is 11.9 Å². The number of thioether (sulfide) groups is 1. The van der Waals surface area contributed by atoms with E-state index in [-0.39, 0.29) is 11.7 Å². The van der Waals surface area contributed by atoms with Crippen molar-refractivity contribution in [1.29, 1.82) is 5.26 Å². The normalized spacial score (nSPS) is 10.4. The van der Waals surface area contributed by atoms with Gasteiger partial charge in [-0.05, 0) is 24.6 Å². The number of pyridine rings is 1. The van der Waals surface area contributed by atoms with E-state index in [1.54, 1.807) is 11.6 Å². The number of thiazole rings is 1. The molecule has 1 aromatic carbocycles. The fraction of sp³-hybridized carbons (Fsp3) is 0.125. The summed E-state index contributed by atoms with van der Waals surface area (Å²) in [5, 5.41) is 15.9. The number of rotatable bonds is 4. The molecule has 3 aromatic rings. The summed E-state index contributed by atoms with van der Waals surface area (Å²) in [7, 11) is 0. The van der Waals surface area contributed by atoms with E-state index in [2.05, 4.69) is 21.4 Å². The Morgan fingerprint density at radius 1 is 1.43 bits per heavy atom. The minimum Gasteiger partial charge on any atom is -0.301 e. The monoisotopic (exact) mass is 340 g/mol. The number of anilines is 1. The molecule has 0 bridgehead atoms. The highest BCUT2D eigenvalue weighted by molar-refractivity contribution is 8.00. The molecule has 0 saturated heterocycles. The van der Waals surface area contributed by atoms with Gasteiger partial charge in [0.1, 0.15) is 11.1 Å². The molecule has 0 spiro atoms. The topological polar surface area (TPSA) is 78.7 Å². The molecule has 3 rings (SSSR count). The number of hydrogen-bond acceptors (Lipinski definition) is 6. The third-order valence-electron chi connectivity index (χ3n) is 3.08. The molecule has 0 atom stereocenters. The molecule has 5 nitrogen and oxygen atoms in total. The number of nitrogens with one attached hydrogen (secondary N) is 1. The average Bonchev–Trinajstić information content (AvgIpc) is 3.04. The number of carbonyl (C=O) groups excluding carboxylic acids is 1. The van der Waals surface area contributed by atoms with Crippen molar-refractivity contribution in [2.24, 2.45) is 0 Å². The zero-order valence-corrected chi connectivity index (χ0v) is 13.9. The van der Waals surface area contributed by atoms with Gasteiger partial charge in [0.15, 0.2) is 5.13 Å². The Labute approximate surface area is 141 Å². The van der Waals surface area contributed by atoms with Crippen molar-refractivity contribution in [3.05, 3.63) is 47.0 Å². The Morgan fingerprint density at radius 3 is 3.04 bits per heavy atom. The van der Waals surface area contributed by atoms with Crippen LogP contribution in [-0.2, 0) is 4.79 Å². The van der Waals surface area contributed by atoms with Gasteiger partial charge in [-0.25, -0.2) is 9.97 Å². The van der Waals surface area contributed by atoms with Gasteiger partial charge in [0.25, 0.3) is 0 Å². The number of aryl methyl sites for hydroxylation is 1. The van der Waals surface area contributed by atoms with Crippen LogP contribution < -0.4 is 5.32 Å². The zero-order chi connectivity index (χ0) is 16.2. The third-order valence-corrected chi connectivity index (χ3v) is 4.76. The predicted octanol–water partition coefficient (Wildman–Crippen LogP) is 3.60. The van der Waals surface area contributed by atoms with Crippen LogP contribution in [0, 0.1) is 18.3 Å². The van der Waals surface area contributed by atoms with E-state index >= 15 is 0 Å². The van der Waals surface area contributed by atoms with Crippen LogP contribution in [0.3, 0.4) is 0 Å². The van der Waals surface area contributed by atoms with Gasteiger partial charge in [0, 0.05) is 17.0 Å². The molecule has 0 radical (unpaired) electrons. The maximum Gasteiger partial charge on any atom is 0.236 e. The summed E-state index contributed by atoms with van der Waals surface area (Å²) in [6, 6.07) is 9.86. The van der Waals surface area contributed by atoms with Gasteiger partial charge in [-0.3, -0.25) is 4.79 Å². The Hall–Kier alpha value is -2.43. The predicted molar refractivity (Wildman–Crippen MR) is 92.7 cm³/mol. The minimum absolute atomic E-state index is 0.167. The second kappa shape index (κ2) is 6.77. The number of fused-ring (bicyclic) bond motifs is 1. The Morgan fingerprint density at radius 2 is 2.30 bits per heavy atom. The molecule has 1 N–H and O–H groups in total. The molecule has 0 aliphatic rings.